The molecule has 0 N–H and O–H groups in total. The monoisotopic (exact) mass is 350 g/mol. The zero-order valence-corrected chi connectivity index (χ0v) is 14.7. The number of para-hydroxylation sites is 1. The first-order valence-corrected chi connectivity index (χ1v) is 8.31. The van der Waals surface area contributed by atoms with E-state index in [1.165, 1.54) is 12.1 Å². The van der Waals surface area contributed by atoms with Crippen LogP contribution in [0.15, 0.2) is 42.5 Å². The van der Waals surface area contributed by atoms with Crippen molar-refractivity contribution in [2.75, 3.05) is 11.9 Å². The van der Waals surface area contributed by atoms with Crippen molar-refractivity contribution in [2.24, 2.45) is 0 Å². The Labute approximate surface area is 150 Å². The van der Waals surface area contributed by atoms with Gasteiger partial charge in [-0.25, -0.2) is 0 Å². The van der Waals surface area contributed by atoms with E-state index < -0.39 is 16.1 Å². The van der Waals surface area contributed by atoms with Gasteiger partial charge in [-0.1, -0.05) is 18.2 Å². The number of hydrogen-bond donors (Lipinski definition) is 0. The second-order valence-electron chi connectivity index (χ2n) is 7.16. The molecule has 2 aliphatic rings. The Morgan fingerprint density at radius 1 is 1.23 bits per heavy atom. The summed E-state index contributed by atoms with van der Waals surface area (Å²) < 4.78 is 6.43. The smallest absolute Gasteiger partial charge is 0.271 e. The van der Waals surface area contributed by atoms with Gasteiger partial charge < -0.3 is 9.64 Å². The highest BCUT2D eigenvalue weighted by atomic mass is 16.6. The first-order valence-electron chi connectivity index (χ1n) is 8.31. The van der Waals surface area contributed by atoms with Crippen molar-refractivity contribution < 1.29 is 14.5 Å². The zero-order valence-electron chi connectivity index (χ0n) is 14.7. The number of nitrogens with zero attached hydrogens (tertiary/aromatic N) is 2. The van der Waals surface area contributed by atoms with E-state index in [1.54, 1.807) is 0 Å². The van der Waals surface area contributed by atoms with Gasteiger partial charge in [-0.05, 0) is 37.6 Å². The lowest BCUT2D eigenvalue weighted by Gasteiger charge is -2.46. The molecule has 2 aromatic carbocycles. The lowest BCUT2D eigenvalue weighted by atomic mass is 9.76. The number of rotatable bonds is 2. The Kier molecular flexibility index (Phi) is 3.25. The molecule has 2 aliphatic heterocycles. The van der Waals surface area contributed by atoms with Crippen LogP contribution in [0, 0.1) is 10.1 Å². The van der Waals surface area contributed by atoms with Gasteiger partial charge in [0.05, 0.1) is 15.9 Å². The number of aldehydes is 1. The SMILES string of the molecule is CN1c2ccccc2C(C)(C)C12C=Cc1cc([N+](=O)[O-])cc(C=O)c1O2. The number of nitro groups is 1. The van der Waals surface area contributed by atoms with E-state index >= 15 is 0 Å². The lowest BCUT2D eigenvalue weighted by Crippen LogP contribution is -2.58. The molecule has 0 saturated heterocycles. The standard InChI is InChI=1S/C20H18N2O4/c1-19(2)16-6-4-5-7-17(16)21(3)20(19)9-8-13-10-15(22(24)25)11-14(12-23)18(13)26-20/h4-12H,1-3H3. The quantitative estimate of drug-likeness (QED) is 0.466. The number of carbonyl (C=O) groups is 1. The number of ether oxygens (including phenoxy) is 1. The summed E-state index contributed by atoms with van der Waals surface area (Å²) >= 11 is 0. The fourth-order valence-corrected chi connectivity index (χ4v) is 4.09. The molecule has 0 amide bonds. The average Bonchev–Trinajstić information content (AvgIpc) is 2.80. The van der Waals surface area contributed by atoms with Crippen LogP contribution in [0.3, 0.4) is 0 Å². The molecule has 2 heterocycles. The van der Waals surface area contributed by atoms with Crippen LogP contribution in [0.4, 0.5) is 11.4 Å². The average molecular weight is 350 g/mol. The third kappa shape index (κ3) is 1.89. The number of benzene rings is 2. The van der Waals surface area contributed by atoms with E-state index in [0.717, 1.165) is 11.3 Å². The number of nitro benzene ring substituents is 1. The van der Waals surface area contributed by atoms with Gasteiger partial charge in [0.1, 0.15) is 5.75 Å². The van der Waals surface area contributed by atoms with Gasteiger partial charge in [0, 0.05) is 30.4 Å². The molecule has 0 saturated carbocycles. The maximum absolute atomic E-state index is 11.6. The van der Waals surface area contributed by atoms with Gasteiger partial charge in [-0.2, -0.15) is 0 Å². The van der Waals surface area contributed by atoms with Crippen molar-refractivity contribution in [3.05, 3.63) is 69.3 Å². The molecular weight excluding hydrogens is 332 g/mol. The van der Waals surface area contributed by atoms with E-state index in [0.29, 0.717) is 17.6 Å². The number of carbonyl (C=O) groups excluding carboxylic acids is 1. The molecular formula is C20H18N2O4. The highest BCUT2D eigenvalue weighted by Gasteiger charge is 2.57. The molecule has 6 heteroatoms. The van der Waals surface area contributed by atoms with Crippen molar-refractivity contribution in [1.29, 1.82) is 0 Å². The maximum atomic E-state index is 11.6. The third-order valence-corrected chi connectivity index (χ3v) is 5.55. The summed E-state index contributed by atoms with van der Waals surface area (Å²) in [5.74, 6) is 0.376. The van der Waals surface area contributed by atoms with E-state index in [2.05, 4.69) is 24.8 Å². The topological polar surface area (TPSA) is 72.7 Å². The van der Waals surface area contributed by atoms with Crippen LogP contribution >= 0.6 is 0 Å². The minimum absolute atomic E-state index is 0.127. The molecule has 0 bridgehead atoms. The molecule has 0 aromatic heterocycles. The fraction of sp³-hybridized carbons (Fsp3) is 0.250. The first-order chi connectivity index (χ1) is 12.3. The molecule has 0 fully saturated rings. The molecule has 26 heavy (non-hydrogen) atoms. The van der Waals surface area contributed by atoms with Gasteiger partial charge in [-0.3, -0.25) is 14.9 Å². The summed E-state index contributed by atoms with van der Waals surface area (Å²) in [4.78, 5) is 24.2. The van der Waals surface area contributed by atoms with Crippen molar-refractivity contribution in [3.8, 4) is 5.75 Å². The van der Waals surface area contributed by atoms with Gasteiger partial charge in [0.2, 0.25) is 5.72 Å². The Bertz CT molecular complexity index is 980. The van der Waals surface area contributed by atoms with E-state index in [-0.39, 0.29) is 11.3 Å². The maximum Gasteiger partial charge on any atom is 0.271 e. The van der Waals surface area contributed by atoms with Crippen molar-refractivity contribution in [1.82, 2.24) is 0 Å². The van der Waals surface area contributed by atoms with Crippen LogP contribution in [0.25, 0.3) is 6.08 Å². The number of likely N-dealkylation sites (N-methyl/N-ethyl adjacent to an activating group) is 1. The van der Waals surface area contributed by atoms with Gasteiger partial charge >= 0.3 is 0 Å². The predicted octanol–water partition coefficient (Wildman–Crippen LogP) is 3.94. The zero-order chi connectivity index (χ0) is 18.7. The Balaban J connectivity index is 1.91. The first kappa shape index (κ1) is 16.3. The fourth-order valence-electron chi connectivity index (χ4n) is 4.09. The minimum Gasteiger partial charge on any atom is -0.462 e. The van der Waals surface area contributed by atoms with E-state index in [1.807, 2.05) is 37.4 Å². The molecule has 132 valence electrons. The van der Waals surface area contributed by atoms with Crippen molar-refractivity contribution in [2.45, 2.75) is 25.0 Å². The number of fused-ring (bicyclic) bond motifs is 2. The van der Waals surface area contributed by atoms with Crippen LogP contribution in [0.5, 0.6) is 5.75 Å². The molecule has 1 atom stereocenters. The molecule has 4 rings (SSSR count). The number of non-ortho nitro benzene ring substituents is 1. The summed E-state index contributed by atoms with van der Waals surface area (Å²) in [5.41, 5.74) is 1.57. The van der Waals surface area contributed by atoms with Crippen LogP contribution in [-0.4, -0.2) is 24.0 Å². The highest BCUT2D eigenvalue weighted by Crippen LogP contribution is 2.54. The van der Waals surface area contributed by atoms with Gasteiger partial charge in [0.15, 0.2) is 6.29 Å². The summed E-state index contributed by atoms with van der Waals surface area (Å²) in [6.07, 6.45) is 4.34. The molecule has 1 unspecified atom stereocenters. The Morgan fingerprint density at radius 2 is 1.96 bits per heavy atom. The van der Waals surface area contributed by atoms with Gasteiger partial charge in [-0.15, -0.1) is 0 Å². The number of hydrogen-bond acceptors (Lipinski definition) is 5. The summed E-state index contributed by atoms with van der Waals surface area (Å²) in [7, 11) is 1.95. The molecule has 0 aliphatic carbocycles. The third-order valence-electron chi connectivity index (χ3n) is 5.55. The van der Waals surface area contributed by atoms with Crippen LogP contribution in [-0.2, 0) is 5.41 Å². The van der Waals surface area contributed by atoms with Crippen LogP contribution in [0.2, 0.25) is 0 Å². The predicted molar refractivity (Wildman–Crippen MR) is 98.7 cm³/mol. The highest BCUT2D eigenvalue weighted by molar-refractivity contribution is 5.86. The Hall–Kier alpha value is -3.15. The second kappa shape index (κ2) is 5.17. The molecule has 1 spiro atoms. The summed E-state index contributed by atoms with van der Waals surface area (Å²) in [5, 5.41) is 11.1. The van der Waals surface area contributed by atoms with Crippen molar-refractivity contribution >= 4 is 23.7 Å². The van der Waals surface area contributed by atoms with Gasteiger partial charge in [0.25, 0.3) is 5.69 Å². The van der Waals surface area contributed by atoms with Crippen molar-refractivity contribution in [3.63, 3.8) is 0 Å². The molecule has 2 aromatic rings. The summed E-state index contributed by atoms with van der Waals surface area (Å²) in [6.45, 7) is 4.19. The van der Waals surface area contributed by atoms with E-state index in [4.69, 9.17) is 4.74 Å². The van der Waals surface area contributed by atoms with Crippen LogP contribution < -0.4 is 9.64 Å². The lowest BCUT2D eigenvalue weighted by molar-refractivity contribution is -0.384. The Morgan fingerprint density at radius 3 is 2.62 bits per heavy atom. The number of anilines is 1. The largest absolute Gasteiger partial charge is 0.462 e. The van der Waals surface area contributed by atoms with Crippen LogP contribution in [0.1, 0.15) is 35.3 Å². The summed E-state index contributed by atoms with van der Waals surface area (Å²) in [6, 6.07) is 10.8. The molecule has 0 radical (unpaired) electrons. The second-order valence-corrected chi connectivity index (χ2v) is 7.16. The van der Waals surface area contributed by atoms with E-state index in [9.17, 15) is 14.9 Å². The minimum atomic E-state index is -0.822. The molecule has 6 nitrogen and oxygen atoms in total. The normalized spacial score (nSPS) is 21.9.